The van der Waals surface area contributed by atoms with E-state index in [4.69, 9.17) is 4.74 Å². The Kier molecular flexibility index (Phi) is 4.19. The summed E-state index contributed by atoms with van der Waals surface area (Å²) in [4.78, 5) is 1.98. The van der Waals surface area contributed by atoms with Gasteiger partial charge in [-0.1, -0.05) is 12.1 Å². The lowest BCUT2D eigenvalue weighted by molar-refractivity contribution is 0.0820. The molecule has 2 unspecified atom stereocenters. The Balaban J connectivity index is 2.36. The second-order valence-corrected chi connectivity index (χ2v) is 4.83. The number of hydrogen-bond acceptors (Lipinski definition) is 3. The van der Waals surface area contributed by atoms with E-state index < -0.39 is 6.10 Å². The molecule has 0 spiro atoms. The molecule has 1 fully saturated rings. The summed E-state index contributed by atoms with van der Waals surface area (Å²) in [6.07, 6.45) is 0.280. The van der Waals surface area contributed by atoms with Crippen molar-refractivity contribution in [2.75, 3.05) is 24.6 Å². The number of rotatable bonds is 2. The molecule has 0 aromatic heterocycles. The highest BCUT2D eigenvalue weighted by molar-refractivity contribution is 5.56. The topological polar surface area (TPSA) is 32.7 Å². The third-order valence-electron chi connectivity index (χ3n) is 3.24. The molecule has 0 amide bonds. The van der Waals surface area contributed by atoms with Gasteiger partial charge in [0.05, 0.1) is 17.9 Å². The van der Waals surface area contributed by atoms with Gasteiger partial charge in [0.1, 0.15) is 5.82 Å². The zero-order chi connectivity index (χ0) is 13.1. The highest BCUT2D eigenvalue weighted by Crippen LogP contribution is 2.30. The molecule has 0 saturated carbocycles. The van der Waals surface area contributed by atoms with Crippen LogP contribution in [-0.2, 0) is 4.74 Å². The highest BCUT2D eigenvalue weighted by Gasteiger charge is 2.22. The van der Waals surface area contributed by atoms with E-state index in [1.165, 1.54) is 6.07 Å². The van der Waals surface area contributed by atoms with Gasteiger partial charge >= 0.3 is 0 Å². The van der Waals surface area contributed by atoms with Gasteiger partial charge in [-0.2, -0.15) is 0 Å². The van der Waals surface area contributed by atoms with Crippen LogP contribution in [0, 0.1) is 5.82 Å². The Hall–Kier alpha value is -1.13. The van der Waals surface area contributed by atoms with Crippen molar-refractivity contribution in [3.8, 4) is 0 Å². The minimum atomic E-state index is -0.671. The van der Waals surface area contributed by atoms with Crippen molar-refractivity contribution in [3.05, 3.63) is 29.6 Å². The smallest absolute Gasteiger partial charge is 0.146 e. The molecule has 2 atom stereocenters. The van der Waals surface area contributed by atoms with Crippen molar-refractivity contribution in [2.45, 2.75) is 32.5 Å². The quantitative estimate of drug-likeness (QED) is 0.879. The Labute approximate surface area is 107 Å². The molecule has 1 aliphatic rings. The van der Waals surface area contributed by atoms with Crippen LogP contribution in [0.25, 0.3) is 0 Å². The summed E-state index contributed by atoms with van der Waals surface area (Å²) in [5.74, 6) is -0.275. The first kappa shape index (κ1) is 13.3. The standard InChI is InChI=1S/C14H20FNO2/c1-10-9-16(7-4-8-18-10)14-12(11(2)17)5-3-6-13(14)15/h3,5-6,10-11,17H,4,7-9H2,1-2H3. The Bertz CT molecular complexity index is 409. The van der Waals surface area contributed by atoms with Gasteiger partial charge in [-0.15, -0.1) is 0 Å². The Morgan fingerprint density at radius 3 is 3.00 bits per heavy atom. The third-order valence-corrected chi connectivity index (χ3v) is 3.24. The van der Waals surface area contributed by atoms with Crippen molar-refractivity contribution in [3.63, 3.8) is 0 Å². The van der Waals surface area contributed by atoms with Crippen LogP contribution in [0.2, 0.25) is 0 Å². The predicted octanol–water partition coefficient (Wildman–Crippen LogP) is 2.49. The first-order chi connectivity index (χ1) is 8.59. The van der Waals surface area contributed by atoms with E-state index in [0.717, 1.165) is 13.0 Å². The molecule has 4 heteroatoms. The summed E-state index contributed by atoms with van der Waals surface area (Å²) in [6.45, 7) is 5.76. The molecule has 2 rings (SSSR count). The third kappa shape index (κ3) is 2.82. The van der Waals surface area contributed by atoms with E-state index in [-0.39, 0.29) is 11.9 Å². The van der Waals surface area contributed by atoms with Gasteiger partial charge in [0.25, 0.3) is 0 Å². The van der Waals surface area contributed by atoms with Crippen molar-refractivity contribution >= 4 is 5.69 Å². The normalized spacial score (nSPS) is 22.7. The molecule has 0 aliphatic carbocycles. The Morgan fingerprint density at radius 2 is 2.28 bits per heavy atom. The molecule has 100 valence electrons. The first-order valence-electron chi connectivity index (χ1n) is 6.42. The zero-order valence-corrected chi connectivity index (χ0v) is 10.9. The molecule has 1 aliphatic heterocycles. The van der Waals surface area contributed by atoms with Crippen LogP contribution in [0.5, 0.6) is 0 Å². The average molecular weight is 253 g/mol. The van der Waals surface area contributed by atoms with Crippen molar-refractivity contribution in [2.24, 2.45) is 0 Å². The molecule has 1 saturated heterocycles. The van der Waals surface area contributed by atoms with Gasteiger partial charge < -0.3 is 14.7 Å². The maximum Gasteiger partial charge on any atom is 0.146 e. The number of anilines is 1. The molecule has 1 heterocycles. The lowest BCUT2D eigenvalue weighted by Crippen LogP contribution is -2.31. The molecule has 3 nitrogen and oxygen atoms in total. The van der Waals surface area contributed by atoms with Crippen LogP contribution in [0.1, 0.15) is 31.9 Å². The number of aliphatic hydroxyl groups is 1. The molecular weight excluding hydrogens is 233 g/mol. The van der Waals surface area contributed by atoms with Gasteiger partial charge in [0.15, 0.2) is 0 Å². The molecule has 1 aromatic carbocycles. The monoisotopic (exact) mass is 253 g/mol. The maximum atomic E-state index is 14.1. The predicted molar refractivity (Wildman–Crippen MR) is 69.3 cm³/mol. The first-order valence-corrected chi connectivity index (χ1v) is 6.42. The summed E-state index contributed by atoms with van der Waals surface area (Å²) < 4.78 is 19.6. The van der Waals surface area contributed by atoms with E-state index in [9.17, 15) is 9.50 Å². The maximum absolute atomic E-state index is 14.1. The van der Waals surface area contributed by atoms with Crippen molar-refractivity contribution in [1.82, 2.24) is 0 Å². The second-order valence-electron chi connectivity index (χ2n) is 4.83. The lowest BCUT2D eigenvalue weighted by Gasteiger charge is -2.28. The number of halogens is 1. The number of aliphatic hydroxyl groups excluding tert-OH is 1. The second kappa shape index (κ2) is 5.67. The molecular formula is C14H20FNO2. The summed E-state index contributed by atoms with van der Waals surface area (Å²) in [5.41, 5.74) is 1.16. The molecule has 0 radical (unpaired) electrons. The molecule has 1 aromatic rings. The SMILES string of the molecule is CC1CN(c2c(F)cccc2C(C)O)CCCO1. The van der Waals surface area contributed by atoms with Gasteiger partial charge in [-0.3, -0.25) is 0 Å². The molecule has 1 N–H and O–H groups in total. The molecule has 0 bridgehead atoms. The van der Waals surface area contributed by atoms with Crippen molar-refractivity contribution < 1.29 is 14.2 Å². The number of benzene rings is 1. The Morgan fingerprint density at radius 1 is 1.50 bits per heavy atom. The largest absolute Gasteiger partial charge is 0.389 e. The lowest BCUT2D eigenvalue weighted by atomic mass is 10.1. The van der Waals surface area contributed by atoms with E-state index in [1.807, 2.05) is 11.8 Å². The van der Waals surface area contributed by atoms with Crippen LogP contribution in [0.3, 0.4) is 0 Å². The summed E-state index contributed by atoms with van der Waals surface area (Å²) in [6, 6.07) is 4.86. The number of ether oxygens (including phenoxy) is 1. The van der Waals surface area contributed by atoms with Crippen LogP contribution in [0.4, 0.5) is 10.1 Å². The fourth-order valence-electron chi connectivity index (χ4n) is 2.40. The van der Waals surface area contributed by atoms with Gasteiger partial charge in [0.2, 0.25) is 0 Å². The van der Waals surface area contributed by atoms with Crippen LogP contribution >= 0.6 is 0 Å². The summed E-state index contributed by atoms with van der Waals surface area (Å²) in [5, 5.41) is 9.77. The molecule has 18 heavy (non-hydrogen) atoms. The zero-order valence-electron chi connectivity index (χ0n) is 10.9. The minimum Gasteiger partial charge on any atom is -0.389 e. The number of nitrogens with zero attached hydrogens (tertiary/aromatic N) is 1. The minimum absolute atomic E-state index is 0.0777. The van der Waals surface area contributed by atoms with E-state index in [1.54, 1.807) is 19.1 Å². The fraction of sp³-hybridized carbons (Fsp3) is 0.571. The van der Waals surface area contributed by atoms with Crippen LogP contribution in [-0.4, -0.2) is 30.9 Å². The van der Waals surface area contributed by atoms with Gasteiger partial charge in [-0.05, 0) is 26.3 Å². The average Bonchev–Trinajstić information content (AvgIpc) is 2.53. The fourth-order valence-corrected chi connectivity index (χ4v) is 2.40. The highest BCUT2D eigenvalue weighted by atomic mass is 19.1. The van der Waals surface area contributed by atoms with Crippen LogP contribution in [0.15, 0.2) is 18.2 Å². The summed E-state index contributed by atoms with van der Waals surface area (Å²) in [7, 11) is 0. The van der Waals surface area contributed by atoms with E-state index >= 15 is 0 Å². The number of hydrogen-bond donors (Lipinski definition) is 1. The van der Waals surface area contributed by atoms with Crippen molar-refractivity contribution in [1.29, 1.82) is 0 Å². The van der Waals surface area contributed by atoms with E-state index in [0.29, 0.717) is 24.4 Å². The van der Waals surface area contributed by atoms with E-state index in [2.05, 4.69) is 0 Å². The van der Waals surface area contributed by atoms with Gasteiger partial charge in [0, 0.05) is 25.3 Å². The van der Waals surface area contributed by atoms with Gasteiger partial charge in [-0.25, -0.2) is 4.39 Å². The van der Waals surface area contributed by atoms with Crippen LogP contribution < -0.4 is 4.90 Å². The summed E-state index contributed by atoms with van der Waals surface area (Å²) >= 11 is 0. The number of para-hydroxylation sites is 1.